The van der Waals surface area contributed by atoms with E-state index in [2.05, 4.69) is 35.7 Å². The number of ether oxygens (including phenoxy) is 8. The molecule has 334 valence electrons. The largest absolute Gasteiger partial charge is 0.495 e. The van der Waals surface area contributed by atoms with Crippen molar-refractivity contribution in [1.29, 1.82) is 0 Å². The van der Waals surface area contributed by atoms with Gasteiger partial charge in [-0.25, -0.2) is 14.5 Å². The summed E-state index contributed by atoms with van der Waals surface area (Å²) in [6.45, 7) is 6.69. The SMILES string of the molecule is COc1cccc2cc(-c3nc([C@H]4CC[C@H](C(=O)NCCOCCOCCOCCNC(=O)CCOCCOCCOCCOCCN=[N+]=[N-])CC4)n4ncnc(N)c34)[nH]c12. The summed E-state index contributed by atoms with van der Waals surface area (Å²) in [7, 11) is 1.64. The molecular weight excluding hydrogens is 795 g/mol. The number of nitrogens with zero attached hydrogens (tertiary/aromatic N) is 7. The van der Waals surface area contributed by atoms with Crippen molar-refractivity contribution in [2.24, 2.45) is 11.0 Å². The Morgan fingerprint density at radius 3 is 2.10 bits per heavy atom. The number of amides is 2. The van der Waals surface area contributed by atoms with Crippen molar-refractivity contribution in [3.8, 4) is 17.1 Å². The highest BCUT2D eigenvalue weighted by molar-refractivity contribution is 5.93. The van der Waals surface area contributed by atoms with Crippen molar-refractivity contribution in [3.63, 3.8) is 0 Å². The summed E-state index contributed by atoms with van der Waals surface area (Å²) in [6.07, 6.45) is 4.76. The van der Waals surface area contributed by atoms with Gasteiger partial charge in [0.05, 0.1) is 111 Å². The lowest BCUT2D eigenvalue weighted by Crippen LogP contribution is -2.35. The Labute approximate surface area is 354 Å². The van der Waals surface area contributed by atoms with Crippen LogP contribution in [0.1, 0.15) is 43.8 Å². The molecule has 2 amide bonds. The van der Waals surface area contributed by atoms with Crippen LogP contribution in [-0.2, 0) is 42.7 Å². The quantitative estimate of drug-likeness (QED) is 0.0245. The topological polar surface area (TPSA) is 266 Å². The number of aromatic amines is 1. The van der Waals surface area contributed by atoms with Gasteiger partial charge in [-0.1, -0.05) is 17.2 Å². The molecule has 5 N–H and O–H groups in total. The van der Waals surface area contributed by atoms with Gasteiger partial charge in [-0.2, -0.15) is 5.10 Å². The predicted octanol–water partition coefficient (Wildman–Crippen LogP) is 3.19. The van der Waals surface area contributed by atoms with E-state index < -0.39 is 0 Å². The second kappa shape index (κ2) is 27.0. The van der Waals surface area contributed by atoms with Crippen LogP contribution in [0, 0.1) is 5.92 Å². The number of hydrogen-bond acceptors (Lipinski definition) is 15. The van der Waals surface area contributed by atoms with Gasteiger partial charge in [0.15, 0.2) is 5.82 Å². The molecule has 0 atom stereocenters. The van der Waals surface area contributed by atoms with Crippen LogP contribution in [0.3, 0.4) is 0 Å². The van der Waals surface area contributed by atoms with E-state index in [-0.39, 0.29) is 30.1 Å². The van der Waals surface area contributed by atoms with Gasteiger partial charge in [0.1, 0.15) is 29.1 Å². The number of para-hydroxylation sites is 1. The van der Waals surface area contributed by atoms with Crippen LogP contribution in [0.5, 0.6) is 5.75 Å². The smallest absolute Gasteiger partial charge is 0.223 e. The summed E-state index contributed by atoms with van der Waals surface area (Å²) < 4.78 is 45.4. The number of imidazole rings is 1. The summed E-state index contributed by atoms with van der Waals surface area (Å²) >= 11 is 0. The average Bonchev–Trinajstić information content (AvgIpc) is 3.90. The summed E-state index contributed by atoms with van der Waals surface area (Å²) in [6, 6.07) is 7.89. The van der Waals surface area contributed by atoms with E-state index in [9.17, 15) is 9.59 Å². The first kappa shape index (κ1) is 46.9. The van der Waals surface area contributed by atoms with E-state index in [4.69, 9.17) is 54.1 Å². The molecule has 0 radical (unpaired) electrons. The summed E-state index contributed by atoms with van der Waals surface area (Å²) in [5, 5.41) is 14.7. The third-order valence-corrected chi connectivity index (χ3v) is 9.89. The molecule has 1 fully saturated rings. The number of anilines is 1. The van der Waals surface area contributed by atoms with Crippen LogP contribution in [-0.4, -0.2) is 156 Å². The molecule has 0 unspecified atom stereocenters. The lowest BCUT2D eigenvalue weighted by molar-refractivity contribution is -0.126. The van der Waals surface area contributed by atoms with Crippen LogP contribution in [0.15, 0.2) is 35.7 Å². The van der Waals surface area contributed by atoms with Crippen LogP contribution < -0.4 is 21.1 Å². The first-order valence-corrected chi connectivity index (χ1v) is 20.7. The number of hydrogen-bond donors (Lipinski definition) is 4. The summed E-state index contributed by atoms with van der Waals surface area (Å²) in [5.74, 6) is 1.85. The maximum atomic E-state index is 13.0. The first-order valence-electron chi connectivity index (χ1n) is 20.7. The second-order valence-corrected chi connectivity index (χ2v) is 14.0. The number of benzene rings is 1. The molecular formula is C40H59N11O10. The zero-order valence-corrected chi connectivity index (χ0v) is 34.9. The predicted molar refractivity (Wildman–Crippen MR) is 224 cm³/mol. The number of H-pyrrole nitrogens is 1. The normalized spacial score (nSPS) is 15.2. The molecule has 1 saturated carbocycles. The number of nitrogens with two attached hydrogens (primary N) is 1. The van der Waals surface area contributed by atoms with Gasteiger partial charge in [0.25, 0.3) is 0 Å². The van der Waals surface area contributed by atoms with E-state index in [0.717, 1.165) is 53.9 Å². The van der Waals surface area contributed by atoms with Gasteiger partial charge in [-0.15, -0.1) is 0 Å². The second-order valence-electron chi connectivity index (χ2n) is 14.0. The molecule has 5 rings (SSSR count). The molecule has 21 nitrogen and oxygen atoms in total. The molecule has 1 aliphatic carbocycles. The van der Waals surface area contributed by atoms with Gasteiger partial charge in [-0.3, -0.25) is 9.59 Å². The number of aromatic nitrogens is 5. The first-order chi connectivity index (χ1) is 30.0. The van der Waals surface area contributed by atoms with Crippen molar-refractivity contribution in [3.05, 3.63) is 46.9 Å². The molecule has 4 aromatic rings. The van der Waals surface area contributed by atoms with Gasteiger partial charge in [0, 0.05) is 48.2 Å². The molecule has 3 heterocycles. The molecule has 0 aliphatic heterocycles. The van der Waals surface area contributed by atoms with Crippen molar-refractivity contribution < 1.29 is 47.5 Å². The fourth-order valence-corrected chi connectivity index (χ4v) is 6.83. The van der Waals surface area contributed by atoms with Crippen molar-refractivity contribution >= 4 is 34.1 Å². The zero-order valence-electron chi connectivity index (χ0n) is 34.9. The molecule has 1 aromatic carbocycles. The number of fused-ring (bicyclic) bond motifs is 2. The van der Waals surface area contributed by atoms with Crippen LogP contribution in [0.4, 0.5) is 5.82 Å². The van der Waals surface area contributed by atoms with E-state index in [1.807, 2.05) is 24.3 Å². The third kappa shape index (κ3) is 15.4. The number of rotatable bonds is 31. The minimum atomic E-state index is -0.114. The van der Waals surface area contributed by atoms with E-state index in [0.29, 0.717) is 129 Å². The highest BCUT2D eigenvalue weighted by atomic mass is 16.6. The minimum absolute atomic E-state index is 0.0351. The molecule has 1 aliphatic rings. The lowest BCUT2D eigenvalue weighted by Gasteiger charge is -2.26. The van der Waals surface area contributed by atoms with Crippen LogP contribution >= 0.6 is 0 Å². The van der Waals surface area contributed by atoms with Gasteiger partial charge in [-0.05, 0) is 43.3 Å². The Hall–Kier alpha value is -5.12. The maximum Gasteiger partial charge on any atom is 0.223 e. The Balaban J connectivity index is 0.827. The number of carbonyl (C=O) groups excluding carboxylic acids is 2. The van der Waals surface area contributed by atoms with E-state index in [1.54, 1.807) is 11.6 Å². The van der Waals surface area contributed by atoms with Gasteiger partial charge >= 0.3 is 0 Å². The number of carbonyl (C=O) groups is 2. The zero-order chi connectivity index (χ0) is 42.9. The molecule has 3 aromatic heterocycles. The standard InChI is InChI=1S/C40H59N11O10/c1-54-33-4-2-3-31-27-32(48-35(31)33)36-37-38(41)45-28-47-51(37)39(49-36)29-5-7-30(8-6-29)40(53)44-11-15-57-19-23-60-22-18-56-14-10-43-34(52)9-13-55-17-21-59-25-26-61-24-20-58-16-12-46-50-42/h2-4,27-30,48H,5-26H2,1H3,(H,43,52)(H,44,53)(H2,41,45,47)/t29-,30-. The minimum Gasteiger partial charge on any atom is -0.495 e. The Morgan fingerprint density at radius 2 is 1.46 bits per heavy atom. The molecule has 0 spiro atoms. The van der Waals surface area contributed by atoms with Gasteiger partial charge < -0.3 is 59.2 Å². The lowest BCUT2D eigenvalue weighted by atomic mass is 9.81. The number of nitrogens with one attached hydrogen (secondary N) is 3. The van der Waals surface area contributed by atoms with Crippen molar-refractivity contribution in [1.82, 2.24) is 35.2 Å². The number of azide groups is 1. The van der Waals surface area contributed by atoms with Crippen LogP contribution in [0.2, 0.25) is 0 Å². The highest BCUT2D eigenvalue weighted by Crippen LogP contribution is 2.39. The van der Waals surface area contributed by atoms with E-state index in [1.165, 1.54) is 6.33 Å². The molecule has 61 heavy (non-hydrogen) atoms. The van der Waals surface area contributed by atoms with Crippen molar-refractivity contribution in [2.45, 2.75) is 38.0 Å². The fourth-order valence-electron chi connectivity index (χ4n) is 6.83. The highest BCUT2D eigenvalue weighted by Gasteiger charge is 2.31. The number of nitrogen functional groups attached to an aromatic ring is 1. The monoisotopic (exact) mass is 853 g/mol. The Kier molecular flexibility index (Phi) is 20.7. The summed E-state index contributed by atoms with van der Waals surface area (Å²) in [5.41, 5.74) is 17.5. The Morgan fingerprint density at radius 1 is 0.852 bits per heavy atom. The maximum absolute atomic E-state index is 13.0. The molecule has 21 heteroatoms. The molecule has 0 bridgehead atoms. The van der Waals surface area contributed by atoms with Crippen LogP contribution in [0.25, 0.3) is 38.3 Å². The third-order valence-electron chi connectivity index (χ3n) is 9.89. The van der Waals surface area contributed by atoms with Gasteiger partial charge in [0.2, 0.25) is 11.8 Å². The average molecular weight is 854 g/mol. The summed E-state index contributed by atoms with van der Waals surface area (Å²) in [4.78, 5) is 40.3. The fraction of sp³-hybridized carbons (Fsp3) is 0.625. The van der Waals surface area contributed by atoms with Crippen molar-refractivity contribution in [2.75, 3.05) is 125 Å². The Bertz CT molecular complexity index is 1960. The van der Waals surface area contributed by atoms with E-state index >= 15 is 0 Å². The molecule has 0 saturated heterocycles. The number of methoxy groups -OCH3 is 1.